The number of amides is 2. The number of rotatable bonds is 6. The van der Waals surface area contributed by atoms with Gasteiger partial charge in [-0.2, -0.15) is 4.31 Å². The molecular weight excluding hydrogens is 440 g/mol. The van der Waals surface area contributed by atoms with E-state index in [1.165, 1.54) is 12.8 Å². The largest absolute Gasteiger partial charge is 0.343 e. The molecule has 0 aromatic heterocycles. The van der Waals surface area contributed by atoms with Crippen LogP contribution < -0.4 is 4.90 Å². The Morgan fingerprint density at radius 3 is 2.18 bits per heavy atom. The summed E-state index contributed by atoms with van der Waals surface area (Å²) in [5.41, 5.74) is 1.66. The minimum Gasteiger partial charge on any atom is -0.343 e. The molecule has 3 heterocycles. The van der Waals surface area contributed by atoms with E-state index < -0.39 is 10.0 Å². The molecule has 0 N–H and O–H groups in total. The Morgan fingerprint density at radius 1 is 0.848 bits per heavy atom. The van der Waals surface area contributed by atoms with Crippen molar-refractivity contribution in [3.8, 4) is 0 Å². The maximum absolute atomic E-state index is 13.1. The molecule has 0 spiro atoms. The number of benzene rings is 1. The van der Waals surface area contributed by atoms with E-state index in [9.17, 15) is 18.0 Å². The SMILES string of the molecule is CCN1CCN(S(=O)(=O)c2ccc3c(c2)CCN3C(=O)CCC(=O)N2CCCCCC2)CC1. The Bertz CT molecular complexity index is 965. The number of likely N-dealkylation sites (N-methyl/N-ethyl adjacent to an activating group) is 1. The zero-order chi connectivity index (χ0) is 23.4. The molecule has 4 rings (SSSR count). The molecule has 0 unspecified atom stereocenters. The van der Waals surface area contributed by atoms with Gasteiger partial charge in [-0.25, -0.2) is 8.42 Å². The van der Waals surface area contributed by atoms with Crippen molar-refractivity contribution in [3.63, 3.8) is 0 Å². The first-order valence-corrected chi connectivity index (χ1v) is 13.8. The highest BCUT2D eigenvalue weighted by molar-refractivity contribution is 7.89. The van der Waals surface area contributed by atoms with Gasteiger partial charge in [0.05, 0.1) is 4.90 Å². The van der Waals surface area contributed by atoms with E-state index in [0.717, 1.165) is 56.8 Å². The third-order valence-electron chi connectivity index (χ3n) is 7.18. The number of nitrogens with zero attached hydrogens (tertiary/aromatic N) is 4. The van der Waals surface area contributed by atoms with Crippen molar-refractivity contribution < 1.29 is 18.0 Å². The molecular formula is C24H36N4O4S. The van der Waals surface area contributed by atoms with Crippen LogP contribution in [0.25, 0.3) is 0 Å². The van der Waals surface area contributed by atoms with Crippen molar-refractivity contribution in [2.45, 2.75) is 56.8 Å². The topological polar surface area (TPSA) is 81.2 Å². The zero-order valence-corrected chi connectivity index (χ0v) is 20.5. The Labute approximate surface area is 197 Å². The molecule has 2 amide bonds. The van der Waals surface area contributed by atoms with E-state index in [2.05, 4.69) is 11.8 Å². The van der Waals surface area contributed by atoms with Crippen LogP contribution in [0.15, 0.2) is 23.1 Å². The van der Waals surface area contributed by atoms with Crippen LogP contribution >= 0.6 is 0 Å². The van der Waals surface area contributed by atoms with Crippen molar-refractivity contribution in [1.82, 2.24) is 14.1 Å². The number of hydrogen-bond donors (Lipinski definition) is 0. The summed E-state index contributed by atoms with van der Waals surface area (Å²) in [5.74, 6) is -0.00232. The van der Waals surface area contributed by atoms with Crippen molar-refractivity contribution >= 4 is 27.5 Å². The molecule has 0 saturated carbocycles. The number of fused-ring (bicyclic) bond motifs is 1. The lowest BCUT2D eigenvalue weighted by molar-refractivity contribution is -0.133. The number of sulfonamides is 1. The predicted octanol–water partition coefficient (Wildman–Crippen LogP) is 2.08. The molecule has 182 valence electrons. The highest BCUT2D eigenvalue weighted by Crippen LogP contribution is 2.32. The van der Waals surface area contributed by atoms with Crippen LogP contribution in [-0.2, 0) is 26.0 Å². The summed E-state index contributed by atoms with van der Waals surface area (Å²) >= 11 is 0. The van der Waals surface area contributed by atoms with Gasteiger partial charge in [0.2, 0.25) is 21.8 Å². The highest BCUT2D eigenvalue weighted by Gasteiger charge is 2.31. The second-order valence-electron chi connectivity index (χ2n) is 9.22. The summed E-state index contributed by atoms with van der Waals surface area (Å²) < 4.78 is 27.8. The maximum atomic E-state index is 13.1. The molecule has 0 radical (unpaired) electrons. The number of anilines is 1. The quantitative estimate of drug-likeness (QED) is 0.628. The highest BCUT2D eigenvalue weighted by atomic mass is 32.2. The number of hydrogen-bond acceptors (Lipinski definition) is 5. The van der Waals surface area contributed by atoms with Crippen LogP contribution in [0.1, 0.15) is 51.0 Å². The molecule has 0 atom stereocenters. The monoisotopic (exact) mass is 476 g/mol. The molecule has 0 aliphatic carbocycles. The molecule has 2 fully saturated rings. The number of carbonyl (C=O) groups excluding carboxylic acids is 2. The fourth-order valence-electron chi connectivity index (χ4n) is 5.06. The van der Waals surface area contributed by atoms with Crippen molar-refractivity contribution in [3.05, 3.63) is 23.8 Å². The van der Waals surface area contributed by atoms with Crippen LogP contribution in [0.4, 0.5) is 5.69 Å². The molecule has 0 bridgehead atoms. The number of piperazine rings is 1. The van der Waals surface area contributed by atoms with Crippen molar-refractivity contribution in [1.29, 1.82) is 0 Å². The second kappa shape index (κ2) is 10.5. The molecule has 33 heavy (non-hydrogen) atoms. The van der Waals surface area contributed by atoms with Gasteiger partial charge in [0.1, 0.15) is 0 Å². The normalized spacial score (nSPS) is 20.5. The van der Waals surface area contributed by atoms with E-state index in [1.807, 2.05) is 4.90 Å². The Kier molecular flexibility index (Phi) is 7.71. The van der Waals surface area contributed by atoms with Gasteiger partial charge in [-0.05, 0) is 49.6 Å². The Balaban J connectivity index is 1.37. The summed E-state index contributed by atoms with van der Waals surface area (Å²) in [6.07, 6.45) is 5.47. The first-order chi connectivity index (χ1) is 15.9. The first-order valence-electron chi connectivity index (χ1n) is 12.3. The van der Waals surface area contributed by atoms with E-state index >= 15 is 0 Å². The Hall–Kier alpha value is -1.97. The summed E-state index contributed by atoms with van der Waals surface area (Å²) in [4.78, 5) is 31.6. The van der Waals surface area contributed by atoms with Gasteiger partial charge in [0, 0.05) is 64.3 Å². The number of likely N-dealkylation sites (tertiary alicyclic amines) is 1. The summed E-state index contributed by atoms with van der Waals surface area (Å²) in [7, 11) is -3.54. The van der Waals surface area contributed by atoms with Gasteiger partial charge < -0.3 is 14.7 Å². The second-order valence-corrected chi connectivity index (χ2v) is 11.2. The standard InChI is InChI=1S/C24H36N4O4S/c1-2-25-15-17-27(18-16-25)33(31,32)21-7-8-22-20(19-21)11-14-28(22)24(30)10-9-23(29)26-12-5-3-4-6-13-26/h7-8,19H,2-6,9-18H2,1H3. The molecule has 3 aliphatic rings. The maximum Gasteiger partial charge on any atom is 0.243 e. The Morgan fingerprint density at radius 2 is 1.52 bits per heavy atom. The average molecular weight is 477 g/mol. The molecule has 2 saturated heterocycles. The van der Waals surface area contributed by atoms with E-state index in [0.29, 0.717) is 31.0 Å². The fraction of sp³-hybridized carbons (Fsp3) is 0.667. The number of carbonyl (C=O) groups is 2. The fourth-order valence-corrected chi connectivity index (χ4v) is 6.53. The summed E-state index contributed by atoms with van der Waals surface area (Å²) in [6.45, 7) is 7.65. The van der Waals surface area contributed by atoms with E-state index in [-0.39, 0.29) is 24.7 Å². The van der Waals surface area contributed by atoms with Crippen LogP contribution in [-0.4, -0.2) is 86.7 Å². The van der Waals surface area contributed by atoms with Gasteiger partial charge in [-0.1, -0.05) is 19.8 Å². The van der Waals surface area contributed by atoms with E-state index in [1.54, 1.807) is 27.4 Å². The van der Waals surface area contributed by atoms with Crippen LogP contribution in [0.5, 0.6) is 0 Å². The third kappa shape index (κ3) is 5.41. The summed E-state index contributed by atoms with van der Waals surface area (Å²) in [6, 6.07) is 5.10. The minimum absolute atomic E-state index is 0.0641. The lowest BCUT2D eigenvalue weighted by Crippen LogP contribution is -2.48. The van der Waals surface area contributed by atoms with E-state index in [4.69, 9.17) is 0 Å². The van der Waals surface area contributed by atoms with Crippen molar-refractivity contribution in [2.24, 2.45) is 0 Å². The lowest BCUT2D eigenvalue weighted by atomic mass is 10.2. The van der Waals surface area contributed by atoms with Gasteiger partial charge in [-0.15, -0.1) is 0 Å². The minimum atomic E-state index is -3.54. The van der Waals surface area contributed by atoms with Gasteiger partial charge in [-0.3, -0.25) is 9.59 Å². The zero-order valence-electron chi connectivity index (χ0n) is 19.7. The molecule has 1 aromatic rings. The summed E-state index contributed by atoms with van der Waals surface area (Å²) in [5, 5.41) is 0. The van der Waals surface area contributed by atoms with Gasteiger partial charge in [0.15, 0.2) is 0 Å². The smallest absolute Gasteiger partial charge is 0.243 e. The van der Waals surface area contributed by atoms with Gasteiger partial charge in [0.25, 0.3) is 0 Å². The molecule has 3 aliphatic heterocycles. The molecule has 9 heteroatoms. The average Bonchev–Trinajstić information content (AvgIpc) is 3.06. The van der Waals surface area contributed by atoms with Crippen LogP contribution in [0.2, 0.25) is 0 Å². The molecule has 8 nitrogen and oxygen atoms in total. The van der Waals surface area contributed by atoms with Crippen LogP contribution in [0.3, 0.4) is 0 Å². The lowest BCUT2D eigenvalue weighted by Gasteiger charge is -2.33. The third-order valence-corrected chi connectivity index (χ3v) is 9.07. The van der Waals surface area contributed by atoms with Crippen molar-refractivity contribution in [2.75, 3.05) is 57.3 Å². The molecule has 1 aromatic carbocycles. The van der Waals surface area contributed by atoms with Gasteiger partial charge >= 0.3 is 0 Å². The first kappa shape index (κ1) is 24.2. The predicted molar refractivity (Wildman–Crippen MR) is 128 cm³/mol. The van der Waals surface area contributed by atoms with Crippen LogP contribution in [0, 0.1) is 0 Å².